The summed E-state index contributed by atoms with van der Waals surface area (Å²) >= 11 is 0. The van der Waals surface area contributed by atoms with E-state index in [1.807, 2.05) is 0 Å². The maximum absolute atomic E-state index is 12.7. The fourth-order valence-corrected chi connectivity index (χ4v) is 3.90. The largest absolute Gasteiger partial charge is 0.416 e. The lowest BCUT2D eigenvalue weighted by molar-refractivity contribution is -0.137. The van der Waals surface area contributed by atoms with Crippen molar-refractivity contribution in [2.45, 2.75) is 32.5 Å². The maximum Gasteiger partial charge on any atom is 0.416 e. The summed E-state index contributed by atoms with van der Waals surface area (Å²) in [4.78, 5) is 12.2. The number of halogens is 3. The minimum atomic E-state index is -4.42. The molecule has 25 heavy (non-hydrogen) atoms. The highest BCUT2D eigenvalue weighted by atomic mass is 32.2. The summed E-state index contributed by atoms with van der Waals surface area (Å²) in [7, 11) is -3.25. The Morgan fingerprint density at radius 1 is 1.28 bits per heavy atom. The molecule has 0 saturated carbocycles. The van der Waals surface area contributed by atoms with Crippen molar-refractivity contribution >= 4 is 15.9 Å². The van der Waals surface area contributed by atoms with Gasteiger partial charge in [-0.15, -0.1) is 0 Å². The molecule has 5 nitrogen and oxygen atoms in total. The van der Waals surface area contributed by atoms with E-state index in [1.165, 1.54) is 16.4 Å². The predicted molar refractivity (Wildman–Crippen MR) is 87.0 cm³/mol. The molecular weight excluding hydrogens is 357 g/mol. The molecule has 1 aromatic rings. The molecule has 0 radical (unpaired) electrons. The average molecular weight is 378 g/mol. The third-order valence-corrected chi connectivity index (χ3v) is 6.19. The van der Waals surface area contributed by atoms with Crippen LogP contribution < -0.4 is 5.32 Å². The minimum absolute atomic E-state index is 0.0101. The SMILES string of the molecule is CCS(=O)(=O)N1CCC(C(=O)NCc2cccc(C(F)(F)F)c2)CC1. The van der Waals surface area contributed by atoms with Gasteiger partial charge >= 0.3 is 6.18 Å². The predicted octanol–water partition coefficient (Wildman–Crippen LogP) is 2.38. The molecule has 1 aromatic carbocycles. The molecule has 0 spiro atoms. The highest BCUT2D eigenvalue weighted by Gasteiger charge is 2.31. The van der Waals surface area contributed by atoms with Crippen LogP contribution in [0.4, 0.5) is 13.2 Å². The summed E-state index contributed by atoms with van der Waals surface area (Å²) < 4.78 is 63.0. The summed E-state index contributed by atoms with van der Waals surface area (Å²) in [6.07, 6.45) is -3.60. The van der Waals surface area contributed by atoms with Gasteiger partial charge in [0.05, 0.1) is 11.3 Å². The third kappa shape index (κ3) is 5.18. The topological polar surface area (TPSA) is 66.5 Å². The number of amides is 1. The Bertz CT molecular complexity index is 712. The van der Waals surface area contributed by atoms with Gasteiger partial charge in [0.1, 0.15) is 0 Å². The second-order valence-corrected chi connectivity index (χ2v) is 8.25. The standard InChI is InChI=1S/C16H21F3N2O3S/c1-2-25(23,24)21-8-6-13(7-9-21)15(22)20-11-12-4-3-5-14(10-12)16(17,18)19/h3-5,10,13H,2,6-9,11H2,1H3,(H,20,22). The van der Waals surface area contributed by atoms with E-state index in [1.54, 1.807) is 6.92 Å². The number of sulfonamides is 1. The van der Waals surface area contributed by atoms with Crippen molar-refractivity contribution in [3.63, 3.8) is 0 Å². The Labute approximate surface area is 145 Å². The number of benzene rings is 1. The minimum Gasteiger partial charge on any atom is -0.352 e. The quantitative estimate of drug-likeness (QED) is 0.856. The summed E-state index contributed by atoms with van der Waals surface area (Å²) in [5, 5.41) is 2.64. The first-order valence-electron chi connectivity index (χ1n) is 8.05. The van der Waals surface area contributed by atoms with Crippen molar-refractivity contribution < 1.29 is 26.4 Å². The Kier molecular flexibility index (Phi) is 6.10. The Balaban J connectivity index is 1.88. The average Bonchev–Trinajstić information content (AvgIpc) is 2.59. The van der Waals surface area contributed by atoms with Crippen LogP contribution >= 0.6 is 0 Å². The molecule has 0 aromatic heterocycles. The number of rotatable bonds is 5. The summed E-state index contributed by atoms with van der Waals surface area (Å²) in [6, 6.07) is 4.82. The first kappa shape index (κ1) is 19.7. The zero-order valence-corrected chi connectivity index (χ0v) is 14.7. The first-order valence-corrected chi connectivity index (χ1v) is 9.66. The molecule has 1 amide bonds. The van der Waals surface area contributed by atoms with Crippen LogP contribution in [0.5, 0.6) is 0 Å². The molecule has 9 heteroatoms. The maximum atomic E-state index is 12.7. The van der Waals surface area contributed by atoms with Gasteiger partial charge in [0.2, 0.25) is 15.9 Å². The second-order valence-electron chi connectivity index (χ2n) is 5.99. The van der Waals surface area contributed by atoms with E-state index in [4.69, 9.17) is 0 Å². The molecule has 1 aliphatic heterocycles. The second kappa shape index (κ2) is 7.74. The zero-order valence-electron chi connectivity index (χ0n) is 13.8. The Hall–Kier alpha value is -1.61. The molecule has 0 aliphatic carbocycles. The van der Waals surface area contributed by atoms with Gasteiger partial charge in [-0.05, 0) is 37.5 Å². The van der Waals surface area contributed by atoms with Gasteiger partial charge < -0.3 is 5.32 Å². The van der Waals surface area contributed by atoms with Crippen LogP contribution in [0.15, 0.2) is 24.3 Å². The molecule has 1 heterocycles. The van der Waals surface area contributed by atoms with Crippen LogP contribution in [0.25, 0.3) is 0 Å². The highest BCUT2D eigenvalue weighted by Crippen LogP contribution is 2.29. The zero-order chi connectivity index (χ0) is 18.7. The van der Waals surface area contributed by atoms with Crippen LogP contribution in [-0.2, 0) is 27.5 Å². The fourth-order valence-electron chi connectivity index (χ4n) is 2.77. The van der Waals surface area contributed by atoms with E-state index < -0.39 is 21.8 Å². The normalized spacial score (nSPS) is 17.4. The Morgan fingerprint density at radius 3 is 2.48 bits per heavy atom. The number of nitrogens with one attached hydrogen (secondary N) is 1. The van der Waals surface area contributed by atoms with Crippen LogP contribution in [0.2, 0.25) is 0 Å². The molecular formula is C16H21F3N2O3S. The number of nitrogens with zero attached hydrogens (tertiary/aromatic N) is 1. The van der Waals surface area contributed by atoms with Crippen molar-refractivity contribution in [2.24, 2.45) is 5.92 Å². The van der Waals surface area contributed by atoms with E-state index in [-0.39, 0.29) is 37.2 Å². The van der Waals surface area contributed by atoms with Crippen LogP contribution in [0.3, 0.4) is 0 Å². The van der Waals surface area contributed by atoms with Gasteiger partial charge in [-0.25, -0.2) is 12.7 Å². The number of carbonyl (C=O) groups is 1. The van der Waals surface area contributed by atoms with Crippen molar-refractivity contribution in [1.29, 1.82) is 0 Å². The molecule has 2 rings (SSSR count). The summed E-state index contributed by atoms with van der Waals surface area (Å²) in [6.45, 7) is 2.16. The van der Waals surface area contributed by atoms with Crippen LogP contribution in [0, 0.1) is 5.92 Å². The lowest BCUT2D eigenvalue weighted by Crippen LogP contribution is -2.43. The monoisotopic (exact) mass is 378 g/mol. The summed E-state index contributed by atoms with van der Waals surface area (Å²) in [5.74, 6) is -0.556. The molecule has 0 atom stereocenters. The smallest absolute Gasteiger partial charge is 0.352 e. The van der Waals surface area contributed by atoms with Crippen molar-refractivity contribution in [3.05, 3.63) is 35.4 Å². The number of piperidine rings is 1. The van der Waals surface area contributed by atoms with Crippen molar-refractivity contribution in [2.75, 3.05) is 18.8 Å². The lowest BCUT2D eigenvalue weighted by atomic mass is 9.97. The highest BCUT2D eigenvalue weighted by molar-refractivity contribution is 7.89. The van der Waals surface area contributed by atoms with Gasteiger partial charge in [-0.1, -0.05) is 12.1 Å². The number of alkyl halides is 3. The molecule has 1 N–H and O–H groups in total. The third-order valence-electron chi connectivity index (χ3n) is 4.30. The molecule has 1 fully saturated rings. The van der Waals surface area contributed by atoms with Gasteiger partial charge in [0.15, 0.2) is 0 Å². The fraction of sp³-hybridized carbons (Fsp3) is 0.562. The number of carbonyl (C=O) groups excluding carboxylic acids is 1. The van der Waals surface area contributed by atoms with E-state index in [9.17, 15) is 26.4 Å². The van der Waals surface area contributed by atoms with Gasteiger partial charge in [-0.2, -0.15) is 13.2 Å². The summed E-state index contributed by atoms with van der Waals surface area (Å²) in [5.41, 5.74) is -0.383. The molecule has 140 valence electrons. The van der Waals surface area contributed by atoms with Crippen LogP contribution in [0.1, 0.15) is 30.9 Å². The molecule has 0 bridgehead atoms. The van der Waals surface area contributed by atoms with E-state index in [0.29, 0.717) is 18.4 Å². The number of hydrogen-bond donors (Lipinski definition) is 1. The molecule has 1 aliphatic rings. The van der Waals surface area contributed by atoms with E-state index >= 15 is 0 Å². The first-order chi connectivity index (χ1) is 11.6. The molecule has 1 saturated heterocycles. The van der Waals surface area contributed by atoms with Gasteiger partial charge in [-0.3, -0.25) is 4.79 Å². The van der Waals surface area contributed by atoms with E-state index in [0.717, 1.165) is 12.1 Å². The van der Waals surface area contributed by atoms with Gasteiger partial charge in [0, 0.05) is 25.6 Å². The Morgan fingerprint density at radius 2 is 1.92 bits per heavy atom. The number of hydrogen-bond acceptors (Lipinski definition) is 3. The lowest BCUT2D eigenvalue weighted by Gasteiger charge is -2.30. The van der Waals surface area contributed by atoms with Crippen LogP contribution in [-0.4, -0.2) is 37.5 Å². The van der Waals surface area contributed by atoms with Crippen molar-refractivity contribution in [1.82, 2.24) is 9.62 Å². The van der Waals surface area contributed by atoms with Gasteiger partial charge in [0.25, 0.3) is 0 Å². The van der Waals surface area contributed by atoms with Crippen molar-refractivity contribution in [3.8, 4) is 0 Å². The molecule has 0 unspecified atom stereocenters. The van der Waals surface area contributed by atoms with E-state index in [2.05, 4.69) is 5.32 Å².